The molecule has 2 aliphatic rings. The summed E-state index contributed by atoms with van der Waals surface area (Å²) in [5.41, 5.74) is 13.2. The van der Waals surface area contributed by atoms with Crippen molar-refractivity contribution in [2.24, 2.45) is 0 Å². The topological polar surface area (TPSA) is 9.23 Å². The Labute approximate surface area is 178 Å². The smallest absolute Gasteiger partial charge is 0.132 e. The van der Waals surface area contributed by atoms with Crippen molar-refractivity contribution in [3.05, 3.63) is 117 Å². The SMILES string of the molecule is Cc1c(C)c(C)c2c(c1C)-c1ccccc1C21c2ccccc2Oc2ccccc21. The Balaban J connectivity index is 1.92. The van der Waals surface area contributed by atoms with Crippen LogP contribution < -0.4 is 4.74 Å². The fourth-order valence-electron chi connectivity index (χ4n) is 5.83. The first-order valence-corrected chi connectivity index (χ1v) is 10.6. The molecule has 1 heteroatoms. The van der Waals surface area contributed by atoms with Crippen LogP contribution in [0.25, 0.3) is 11.1 Å². The van der Waals surface area contributed by atoms with Crippen LogP contribution in [0.1, 0.15) is 44.5 Å². The second-order valence-corrected chi connectivity index (χ2v) is 8.64. The summed E-state index contributed by atoms with van der Waals surface area (Å²) in [6.45, 7) is 9.12. The van der Waals surface area contributed by atoms with Gasteiger partial charge >= 0.3 is 0 Å². The molecule has 6 rings (SSSR count). The Morgan fingerprint density at radius 2 is 1.03 bits per heavy atom. The zero-order chi connectivity index (χ0) is 20.6. The summed E-state index contributed by atoms with van der Waals surface area (Å²) < 4.78 is 6.42. The second kappa shape index (κ2) is 5.86. The van der Waals surface area contributed by atoms with Crippen LogP contribution >= 0.6 is 0 Å². The summed E-state index contributed by atoms with van der Waals surface area (Å²) in [5.74, 6) is 1.91. The molecule has 1 aliphatic carbocycles. The molecule has 1 heterocycles. The van der Waals surface area contributed by atoms with Gasteiger partial charge in [-0.05, 0) is 84.3 Å². The van der Waals surface area contributed by atoms with Crippen LogP contribution in [0.15, 0.2) is 72.8 Å². The molecule has 0 bridgehead atoms. The average molecular weight is 389 g/mol. The van der Waals surface area contributed by atoms with E-state index < -0.39 is 0 Å². The fraction of sp³-hybridized carbons (Fsp3) is 0.172. The first-order chi connectivity index (χ1) is 14.6. The molecule has 1 nitrogen and oxygen atoms in total. The summed E-state index contributed by atoms with van der Waals surface area (Å²) in [6.07, 6.45) is 0. The van der Waals surface area contributed by atoms with Gasteiger partial charge in [0, 0.05) is 11.1 Å². The zero-order valence-corrected chi connectivity index (χ0v) is 17.8. The highest BCUT2D eigenvalue weighted by Crippen LogP contribution is 2.63. The van der Waals surface area contributed by atoms with Gasteiger partial charge in [-0.1, -0.05) is 60.7 Å². The van der Waals surface area contributed by atoms with Crippen LogP contribution in [0.5, 0.6) is 11.5 Å². The summed E-state index contributed by atoms with van der Waals surface area (Å²) in [4.78, 5) is 0. The number of rotatable bonds is 0. The maximum atomic E-state index is 6.42. The van der Waals surface area contributed by atoms with Crippen LogP contribution in [0.4, 0.5) is 0 Å². The molecule has 0 fully saturated rings. The van der Waals surface area contributed by atoms with Crippen LogP contribution in [0, 0.1) is 27.7 Å². The van der Waals surface area contributed by atoms with E-state index in [1.54, 1.807) is 0 Å². The van der Waals surface area contributed by atoms with Gasteiger partial charge in [0.1, 0.15) is 11.5 Å². The maximum absolute atomic E-state index is 6.42. The van der Waals surface area contributed by atoms with E-state index in [4.69, 9.17) is 4.74 Å². The molecule has 0 atom stereocenters. The predicted molar refractivity (Wildman–Crippen MR) is 123 cm³/mol. The minimum atomic E-state index is -0.356. The lowest BCUT2D eigenvalue weighted by Crippen LogP contribution is -2.33. The molecule has 0 saturated carbocycles. The van der Waals surface area contributed by atoms with Crippen molar-refractivity contribution < 1.29 is 4.74 Å². The molecule has 0 saturated heterocycles. The van der Waals surface area contributed by atoms with E-state index in [-0.39, 0.29) is 5.41 Å². The third kappa shape index (κ3) is 1.89. The molecule has 30 heavy (non-hydrogen) atoms. The van der Waals surface area contributed by atoms with Crippen molar-refractivity contribution in [3.63, 3.8) is 0 Å². The number of para-hydroxylation sites is 2. The van der Waals surface area contributed by atoms with E-state index in [0.29, 0.717) is 0 Å². The monoisotopic (exact) mass is 388 g/mol. The van der Waals surface area contributed by atoms with Gasteiger partial charge in [-0.25, -0.2) is 0 Å². The van der Waals surface area contributed by atoms with Crippen LogP contribution in [-0.2, 0) is 5.41 Å². The van der Waals surface area contributed by atoms with Gasteiger partial charge in [0.25, 0.3) is 0 Å². The van der Waals surface area contributed by atoms with Gasteiger partial charge in [0.15, 0.2) is 0 Å². The molecule has 146 valence electrons. The minimum Gasteiger partial charge on any atom is -0.457 e. The highest BCUT2D eigenvalue weighted by molar-refractivity contribution is 5.92. The lowest BCUT2D eigenvalue weighted by atomic mass is 9.64. The van der Waals surface area contributed by atoms with E-state index in [2.05, 4.69) is 100 Å². The van der Waals surface area contributed by atoms with E-state index in [1.165, 1.54) is 55.6 Å². The van der Waals surface area contributed by atoms with Crippen LogP contribution in [-0.4, -0.2) is 0 Å². The summed E-state index contributed by atoms with van der Waals surface area (Å²) >= 11 is 0. The van der Waals surface area contributed by atoms with Crippen LogP contribution in [0.3, 0.4) is 0 Å². The van der Waals surface area contributed by atoms with E-state index in [1.807, 2.05) is 0 Å². The lowest BCUT2D eigenvalue weighted by Gasteiger charge is -2.40. The Morgan fingerprint density at radius 1 is 0.533 bits per heavy atom. The number of hydrogen-bond donors (Lipinski definition) is 0. The van der Waals surface area contributed by atoms with Gasteiger partial charge in [0.2, 0.25) is 0 Å². The van der Waals surface area contributed by atoms with E-state index in [0.717, 1.165) is 11.5 Å². The number of benzene rings is 4. The van der Waals surface area contributed by atoms with Crippen molar-refractivity contribution in [3.8, 4) is 22.6 Å². The average Bonchev–Trinajstić information content (AvgIpc) is 3.08. The first kappa shape index (κ1) is 17.5. The Hall–Kier alpha value is -3.32. The Kier molecular flexibility index (Phi) is 3.42. The molecule has 4 aromatic rings. The van der Waals surface area contributed by atoms with Gasteiger partial charge in [-0.3, -0.25) is 0 Å². The predicted octanol–water partition coefficient (Wildman–Crippen LogP) is 7.39. The Morgan fingerprint density at radius 3 is 1.67 bits per heavy atom. The number of hydrogen-bond acceptors (Lipinski definition) is 1. The standard InChI is InChI=1S/C29H24O/c1-17-18(2)20(4)28-27(19(17)3)21-11-5-6-12-22(21)29(28)23-13-7-9-15-25(23)30-26-16-10-8-14-24(26)29/h5-16H,1-4H3. The van der Waals surface area contributed by atoms with E-state index in [9.17, 15) is 0 Å². The first-order valence-electron chi connectivity index (χ1n) is 10.6. The van der Waals surface area contributed by atoms with Gasteiger partial charge in [0.05, 0.1) is 5.41 Å². The fourth-order valence-corrected chi connectivity index (χ4v) is 5.83. The molecule has 0 unspecified atom stereocenters. The van der Waals surface area contributed by atoms with Crippen molar-refractivity contribution in [1.29, 1.82) is 0 Å². The zero-order valence-electron chi connectivity index (χ0n) is 17.8. The van der Waals surface area contributed by atoms with Crippen LogP contribution in [0.2, 0.25) is 0 Å². The second-order valence-electron chi connectivity index (χ2n) is 8.64. The molecule has 1 aliphatic heterocycles. The van der Waals surface area contributed by atoms with Crippen molar-refractivity contribution in [2.45, 2.75) is 33.1 Å². The number of fused-ring (bicyclic) bond motifs is 9. The van der Waals surface area contributed by atoms with Crippen molar-refractivity contribution >= 4 is 0 Å². The maximum Gasteiger partial charge on any atom is 0.132 e. The van der Waals surface area contributed by atoms with Crippen molar-refractivity contribution in [1.82, 2.24) is 0 Å². The summed E-state index contributed by atoms with van der Waals surface area (Å²) in [6, 6.07) is 26.1. The molecule has 1 spiro atoms. The molecule has 0 radical (unpaired) electrons. The molecule has 0 aromatic heterocycles. The molecule has 0 N–H and O–H groups in total. The van der Waals surface area contributed by atoms with Gasteiger partial charge < -0.3 is 4.74 Å². The third-order valence-corrected chi connectivity index (χ3v) is 7.46. The third-order valence-electron chi connectivity index (χ3n) is 7.46. The summed E-state index contributed by atoms with van der Waals surface area (Å²) in [7, 11) is 0. The highest BCUT2D eigenvalue weighted by atomic mass is 16.5. The molecule has 0 amide bonds. The normalized spacial score (nSPS) is 14.5. The molecular weight excluding hydrogens is 364 g/mol. The van der Waals surface area contributed by atoms with E-state index >= 15 is 0 Å². The highest BCUT2D eigenvalue weighted by Gasteiger charge is 2.52. The summed E-state index contributed by atoms with van der Waals surface area (Å²) in [5, 5.41) is 0. The quantitative estimate of drug-likeness (QED) is 0.264. The molecule has 4 aromatic carbocycles. The lowest BCUT2D eigenvalue weighted by molar-refractivity contribution is 0.436. The largest absolute Gasteiger partial charge is 0.457 e. The number of ether oxygens (including phenoxy) is 1. The van der Waals surface area contributed by atoms with Gasteiger partial charge in [-0.15, -0.1) is 0 Å². The Bertz CT molecular complexity index is 1310. The minimum absolute atomic E-state index is 0.356. The van der Waals surface area contributed by atoms with Crippen molar-refractivity contribution in [2.75, 3.05) is 0 Å². The van der Waals surface area contributed by atoms with Gasteiger partial charge in [-0.2, -0.15) is 0 Å². The molecular formula is C29H24O.